The molecule has 154 valence electrons. The molecule has 30 heavy (non-hydrogen) atoms. The molecule has 1 N–H and O–H groups in total. The highest BCUT2D eigenvalue weighted by Gasteiger charge is 2.22. The summed E-state index contributed by atoms with van der Waals surface area (Å²) in [6.45, 7) is 4.68. The number of para-hydroxylation sites is 2. The quantitative estimate of drug-likeness (QED) is 0.439. The second-order valence-electron chi connectivity index (χ2n) is 6.84. The molecule has 7 nitrogen and oxygen atoms in total. The lowest BCUT2D eigenvalue weighted by Gasteiger charge is -2.09. The van der Waals surface area contributed by atoms with Crippen molar-refractivity contribution >= 4 is 34.5 Å². The summed E-state index contributed by atoms with van der Waals surface area (Å²) >= 11 is 6.00. The van der Waals surface area contributed by atoms with Crippen LogP contribution in [0, 0.1) is 6.92 Å². The van der Waals surface area contributed by atoms with E-state index in [2.05, 4.69) is 22.4 Å². The van der Waals surface area contributed by atoms with Crippen molar-refractivity contribution in [2.45, 2.75) is 33.4 Å². The molecule has 2 aromatic carbocycles. The van der Waals surface area contributed by atoms with Crippen molar-refractivity contribution in [3.8, 4) is 5.75 Å². The molecule has 0 aliphatic heterocycles. The number of ether oxygens (including phenoxy) is 1. The van der Waals surface area contributed by atoms with E-state index in [0.29, 0.717) is 28.0 Å². The number of carbonyl (C=O) groups excluding carboxylic acids is 1. The molecular formula is C22H21ClN4O3. The molecule has 4 aromatic rings. The van der Waals surface area contributed by atoms with E-state index in [1.807, 2.05) is 28.8 Å². The Kier molecular flexibility index (Phi) is 5.72. The first kappa shape index (κ1) is 20.0. The maximum absolute atomic E-state index is 13.0. The summed E-state index contributed by atoms with van der Waals surface area (Å²) in [5.74, 6) is 1.19. The maximum atomic E-state index is 13.0. The molecule has 8 heteroatoms. The normalized spacial score (nSPS) is 11.0. The van der Waals surface area contributed by atoms with E-state index in [4.69, 9.17) is 20.9 Å². The molecule has 0 atom stereocenters. The SMILES string of the molecule is CCCn1c(NC(=O)c2noc(C)c2COc2cccc(Cl)c2)nc2ccccc21. The van der Waals surface area contributed by atoms with Gasteiger partial charge < -0.3 is 13.8 Å². The van der Waals surface area contributed by atoms with Crippen LogP contribution in [0.5, 0.6) is 5.75 Å². The molecule has 4 rings (SSSR count). The van der Waals surface area contributed by atoms with Crippen molar-refractivity contribution < 1.29 is 14.1 Å². The average molecular weight is 425 g/mol. The lowest BCUT2D eigenvalue weighted by atomic mass is 10.2. The van der Waals surface area contributed by atoms with Crippen molar-refractivity contribution in [1.29, 1.82) is 0 Å². The van der Waals surface area contributed by atoms with Crippen molar-refractivity contribution in [2.24, 2.45) is 0 Å². The van der Waals surface area contributed by atoms with E-state index in [9.17, 15) is 4.79 Å². The predicted molar refractivity (Wildman–Crippen MR) is 115 cm³/mol. The van der Waals surface area contributed by atoms with Gasteiger partial charge in [-0.1, -0.05) is 41.9 Å². The number of nitrogens with one attached hydrogen (secondary N) is 1. The van der Waals surface area contributed by atoms with Gasteiger partial charge in [0.15, 0.2) is 5.69 Å². The van der Waals surface area contributed by atoms with Gasteiger partial charge in [-0.3, -0.25) is 10.1 Å². The number of hydrogen-bond donors (Lipinski definition) is 1. The highest BCUT2D eigenvalue weighted by molar-refractivity contribution is 6.30. The van der Waals surface area contributed by atoms with Crippen molar-refractivity contribution in [3.63, 3.8) is 0 Å². The third kappa shape index (κ3) is 4.02. The molecule has 0 spiro atoms. The summed E-state index contributed by atoms with van der Waals surface area (Å²) < 4.78 is 13.0. The third-order valence-corrected chi connectivity index (χ3v) is 4.94. The molecule has 1 amide bonds. The molecule has 2 aromatic heterocycles. The minimum Gasteiger partial charge on any atom is -0.489 e. The number of aryl methyl sites for hydroxylation is 2. The molecule has 0 saturated carbocycles. The number of halogens is 1. The number of benzene rings is 2. The number of anilines is 1. The predicted octanol–water partition coefficient (Wildman–Crippen LogP) is 5.23. The van der Waals surface area contributed by atoms with Crippen molar-refractivity contribution in [3.05, 3.63) is 70.6 Å². The van der Waals surface area contributed by atoms with Gasteiger partial charge in [0.1, 0.15) is 18.1 Å². The maximum Gasteiger partial charge on any atom is 0.280 e. The summed E-state index contributed by atoms with van der Waals surface area (Å²) in [5.41, 5.74) is 2.54. The number of amides is 1. The van der Waals surface area contributed by atoms with E-state index in [0.717, 1.165) is 24.0 Å². The number of fused-ring (bicyclic) bond motifs is 1. The Bertz CT molecular complexity index is 1200. The van der Waals surface area contributed by atoms with E-state index in [1.54, 1.807) is 31.2 Å². The van der Waals surface area contributed by atoms with Gasteiger partial charge in [0.2, 0.25) is 5.95 Å². The number of rotatable bonds is 7. The van der Waals surface area contributed by atoms with Gasteiger partial charge >= 0.3 is 0 Å². The minimum absolute atomic E-state index is 0.129. The lowest BCUT2D eigenvalue weighted by molar-refractivity contribution is 0.101. The van der Waals surface area contributed by atoms with Crippen molar-refractivity contribution in [1.82, 2.24) is 14.7 Å². The van der Waals surface area contributed by atoms with Gasteiger partial charge in [-0.2, -0.15) is 0 Å². The number of carbonyl (C=O) groups is 1. The van der Waals surface area contributed by atoms with Gasteiger partial charge in [-0.25, -0.2) is 4.98 Å². The van der Waals surface area contributed by atoms with Gasteiger partial charge in [0.25, 0.3) is 5.91 Å². The summed E-state index contributed by atoms with van der Waals surface area (Å²) in [7, 11) is 0. The highest BCUT2D eigenvalue weighted by Crippen LogP contribution is 2.23. The Morgan fingerprint density at radius 2 is 2.07 bits per heavy atom. The second-order valence-corrected chi connectivity index (χ2v) is 7.28. The Morgan fingerprint density at radius 1 is 1.23 bits per heavy atom. The van der Waals surface area contributed by atoms with Crippen LogP contribution in [0.1, 0.15) is 35.2 Å². The molecule has 0 bridgehead atoms. The summed E-state index contributed by atoms with van der Waals surface area (Å²) in [4.78, 5) is 17.5. The van der Waals surface area contributed by atoms with Crippen LogP contribution in [-0.2, 0) is 13.2 Å². The van der Waals surface area contributed by atoms with Gasteiger partial charge in [-0.15, -0.1) is 0 Å². The van der Waals surface area contributed by atoms with Gasteiger partial charge in [-0.05, 0) is 43.7 Å². The zero-order chi connectivity index (χ0) is 21.1. The van der Waals surface area contributed by atoms with Gasteiger partial charge in [0, 0.05) is 11.6 Å². The van der Waals surface area contributed by atoms with Crippen LogP contribution >= 0.6 is 11.6 Å². The smallest absolute Gasteiger partial charge is 0.280 e. The summed E-state index contributed by atoms with van der Waals surface area (Å²) in [5, 5.41) is 7.39. The third-order valence-electron chi connectivity index (χ3n) is 4.71. The lowest BCUT2D eigenvalue weighted by Crippen LogP contribution is -2.18. The zero-order valence-corrected chi connectivity index (χ0v) is 17.4. The first-order valence-electron chi connectivity index (χ1n) is 9.67. The van der Waals surface area contributed by atoms with Crippen LogP contribution in [0.4, 0.5) is 5.95 Å². The molecule has 0 aliphatic carbocycles. The summed E-state index contributed by atoms with van der Waals surface area (Å²) in [6.07, 6.45) is 0.908. The number of aromatic nitrogens is 3. The highest BCUT2D eigenvalue weighted by atomic mass is 35.5. The number of hydrogen-bond acceptors (Lipinski definition) is 5. The molecule has 0 aliphatic rings. The standard InChI is InChI=1S/C22H21ClN4O3/c1-3-11-27-19-10-5-4-9-18(19)24-22(27)25-21(28)20-17(14(2)30-26-20)13-29-16-8-6-7-15(23)12-16/h4-10,12H,3,11,13H2,1-2H3,(H,24,25,28). The molecule has 0 unspecified atom stereocenters. The van der Waals surface area contributed by atoms with E-state index >= 15 is 0 Å². The minimum atomic E-state index is -0.399. The average Bonchev–Trinajstić information content (AvgIpc) is 3.27. The van der Waals surface area contributed by atoms with Crippen molar-refractivity contribution in [2.75, 3.05) is 5.32 Å². The molecule has 0 saturated heterocycles. The first-order valence-corrected chi connectivity index (χ1v) is 10.0. The fourth-order valence-corrected chi connectivity index (χ4v) is 3.41. The fraction of sp³-hybridized carbons (Fsp3) is 0.227. The Balaban J connectivity index is 1.57. The zero-order valence-electron chi connectivity index (χ0n) is 16.7. The number of imidazole rings is 1. The van der Waals surface area contributed by atoms with Gasteiger partial charge in [0.05, 0.1) is 16.6 Å². The topological polar surface area (TPSA) is 82.2 Å². The van der Waals surface area contributed by atoms with Crippen LogP contribution in [0.3, 0.4) is 0 Å². The Morgan fingerprint density at radius 3 is 2.87 bits per heavy atom. The first-order chi connectivity index (χ1) is 14.6. The van der Waals surface area contributed by atoms with Crippen LogP contribution in [0.2, 0.25) is 5.02 Å². The monoisotopic (exact) mass is 424 g/mol. The molecule has 0 fully saturated rings. The Labute approximate surface area is 178 Å². The molecule has 2 heterocycles. The molecular weight excluding hydrogens is 404 g/mol. The van der Waals surface area contributed by atoms with E-state index < -0.39 is 5.91 Å². The molecule has 0 radical (unpaired) electrons. The fourth-order valence-electron chi connectivity index (χ4n) is 3.23. The van der Waals surface area contributed by atoms with Crippen LogP contribution in [0.25, 0.3) is 11.0 Å². The van der Waals surface area contributed by atoms with Crippen LogP contribution < -0.4 is 10.1 Å². The van der Waals surface area contributed by atoms with Crippen LogP contribution in [-0.4, -0.2) is 20.6 Å². The largest absolute Gasteiger partial charge is 0.489 e. The van der Waals surface area contributed by atoms with E-state index in [1.165, 1.54) is 0 Å². The Hall–Kier alpha value is -3.32. The number of nitrogens with zero attached hydrogens (tertiary/aromatic N) is 3. The van der Waals surface area contributed by atoms with Crippen LogP contribution in [0.15, 0.2) is 53.1 Å². The second kappa shape index (κ2) is 8.59. The summed E-state index contributed by atoms with van der Waals surface area (Å²) in [6, 6.07) is 14.8. The van der Waals surface area contributed by atoms with E-state index in [-0.39, 0.29) is 12.3 Å².